The van der Waals surface area contributed by atoms with Crippen molar-refractivity contribution in [2.24, 2.45) is 0 Å². The molecule has 1 aliphatic heterocycles. The lowest BCUT2D eigenvalue weighted by Crippen LogP contribution is -2.37. The minimum atomic E-state index is 0.654. The maximum Gasteiger partial charge on any atom is 0.173 e. The predicted molar refractivity (Wildman–Crippen MR) is 106 cm³/mol. The van der Waals surface area contributed by atoms with Gasteiger partial charge in [0, 0.05) is 30.7 Å². The molecule has 128 valence electrons. The molecule has 2 heterocycles. The fraction of sp³-hybridized carbons (Fsp3) is 0.353. The van der Waals surface area contributed by atoms with Crippen LogP contribution in [-0.4, -0.2) is 41.1 Å². The van der Waals surface area contributed by atoms with Crippen LogP contribution in [0.3, 0.4) is 0 Å². The summed E-state index contributed by atoms with van der Waals surface area (Å²) in [5, 5.41) is 4.64. The van der Waals surface area contributed by atoms with Gasteiger partial charge in [0.1, 0.15) is 5.76 Å². The van der Waals surface area contributed by atoms with Crippen LogP contribution in [0.5, 0.6) is 0 Å². The monoisotopic (exact) mass is 427 g/mol. The number of anilines is 1. The molecule has 0 amide bonds. The average Bonchev–Trinajstić information content (AvgIpc) is 2.94. The maximum atomic E-state index is 6.26. The van der Waals surface area contributed by atoms with Gasteiger partial charge in [0.2, 0.25) is 0 Å². The number of nitrogens with one attached hydrogen (secondary N) is 1. The molecule has 4 nitrogen and oxygen atoms in total. The number of hydrogen-bond acceptors (Lipinski definition) is 3. The molecule has 1 aliphatic rings. The zero-order valence-corrected chi connectivity index (χ0v) is 16.3. The largest absolute Gasteiger partial charge is 0.468 e. The van der Waals surface area contributed by atoms with Crippen molar-refractivity contribution in [1.29, 1.82) is 0 Å². The molecule has 0 radical (unpaired) electrons. The van der Waals surface area contributed by atoms with E-state index in [-0.39, 0.29) is 0 Å². The van der Waals surface area contributed by atoms with Crippen LogP contribution >= 0.6 is 39.7 Å². The van der Waals surface area contributed by atoms with Gasteiger partial charge < -0.3 is 14.6 Å². The molecule has 0 spiro atoms. The lowest BCUT2D eigenvalue weighted by molar-refractivity contribution is 0.255. The first-order chi connectivity index (χ1) is 11.6. The number of nitrogens with zero attached hydrogens (tertiary/aromatic N) is 2. The second kappa shape index (κ2) is 8.34. The molecule has 7 heteroatoms. The van der Waals surface area contributed by atoms with Crippen molar-refractivity contribution in [2.75, 3.05) is 31.5 Å². The topological polar surface area (TPSA) is 31.6 Å². The predicted octanol–water partition coefficient (Wildman–Crippen LogP) is 4.60. The van der Waals surface area contributed by atoms with E-state index in [4.69, 9.17) is 28.2 Å². The van der Waals surface area contributed by atoms with Crippen molar-refractivity contribution in [3.05, 3.63) is 51.9 Å². The summed E-state index contributed by atoms with van der Waals surface area (Å²) >= 11 is 15.2. The first-order valence-corrected chi connectivity index (χ1v) is 9.45. The Kier molecular flexibility index (Phi) is 6.16. The molecule has 24 heavy (non-hydrogen) atoms. The van der Waals surface area contributed by atoms with Crippen molar-refractivity contribution in [2.45, 2.75) is 13.0 Å². The van der Waals surface area contributed by atoms with Gasteiger partial charge >= 0.3 is 0 Å². The van der Waals surface area contributed by atoms with Crippen molar-refractivity contribution >= 4 is 50.5 Å². The normalized spacial score (nSPS) is 16.0. The molecule has 0 bridgehead atoms. The summed E-state index contributed by atoms with van der Waals surface area (Å²) in [7, 11) is 0. The van der Waals surface area contributed by atoms with Crippen molar-refractivity contribution in [3.8, 4) is 0 Å². The Bertz CT molecular complexity index is 695. The number of hydrogen-bond donors (Lipinski definition) is 1. The zero-order valence-electron chi connectivity index (χ0n) is 13.2. The number of halogens is 2. The molecule has 0 saturated carbocycles. The quantitative estimate of drug-likeness (QED) is 0.722. The van der Waals surface area contributed by atoms with Crippen LogP contribution in [0.2, 0.25) is 5.02 Å². The molecule has 2 aromatic rings. The van der Waals surface area contributed by atoms with Gasteiger partial charge in [-0.2, -0.15) is 0 Å². The van der Waals surface area contributed by atoms with Crippen LogP contribution < -0.4 is 5.32 Å². The Hall–Kier alpha value is -1.08. The molecule has 3 rings (SSSR count). The van der Waals surface area contributed by atoms with E-state index in [1.807, 2.05) is 30.3 Å². The summed E-state index contributed by atoms with van der Waals surface area (Å²) in [5.74, 6) is 1.01. The highest BCUT2D eigenvalue weighted by atomic mass is 79.9. The van der Waals surface area contributed by atoms with Gasteiger partial charge in [0.25, 0.3) is 0 Å². The summed E-state index contributed by atoms with van der Waals surface area (Å²) in [6, 6.07) is 9.69. The fourth-order valence-electron chi connectivity index (χ4n) is 2.74. The van der Waals surface area contributed by atoms with Gasteiger partial charge in [-0.15, -0.1) is 0 Å². The van der Waals surface area contributed by atoms with Gasteiger partial charge in [-0.1, -0.05) is 27.5 Å². The second-order valence-electron chi connectivity index (χ2n) is 5.75. The molecule has 0 atom stereocenters. The van der Waals surface area contributed by atoms with E-state index in [1.165, 1.54) is 0 Å². The first kappa shape index (κ1) is 17.7. The van der Waals surface area contributed by atoms with E-state index in [0.29, 0.717) is 5.02 Å². The highest BCUT2D eigenvalue weighted by Crippen LogP contribution is 2.26. The third-order valence-corrected chi connectivity index (χ3v) is 5.17. The number of thiocarbonyl (C=S) groups is 1. The van der Waals surface area contributed by atoms with Crippen LogP contribution in [0.15, 0.2) is 45.5 Å². The van der Waals surface area contributed by atoms with Crippen molar-refractivity contribution in [3.63, 3.8) is 0 Å². The van der Waals surface area contributed by atoms with Gasteiger partial charge in [0.15, 0.2) is 5.11 Å². The standard InChI is InChI=1S/C17H19BrClN3OS/c18-13-4-5-16(15(19)11-13)20-17(24)22-7-2-6-21(8-9-22)12-14-3-1-10-23-14/h1,3-5,10-11H,2,6-9,12H2,(H,20,24). The van der Waals surface area contributed by atoms with E-state index in [2.05, 4.69) is 31.0 Å². The lowest BCUT2D eigenvalue weighted by Gasteiger charge is -2.24. The van der Waals surface area contributed by atoms with Crippen LogP contribution in [0.25, 0.3) is 0 Å². The van der Waals surface area contributed by atoms with Gasteiger partial charge in [-0.05, 0) is 49.0 Å². The number of benzene rings is 1. The zero-order chi connectivity index (χ0) is 16.9. The average molecular weight is 429 g/mol. The second-order valence-corrected chi connectivity index (χ2v) is 7.46. The molecular weight excluding hydrogens is 410 g/mol. The Morgan fingerprint density at radius 3 is 2.88 bits per heavy atom. The third-order valence-electron chi connectivity index (χ3n) is 4.01. The van der Waals surface area contributed by atoms with Crippen LogP contribution in [0.1, 0.15) is 12.2 Å². The summed E-state index contributed by atoms with van der Waals surface area (Å²) < 4.78 is 6.39. The first-order valence-electron chi connectivity index (χ1n) is 7.87. The summed E-state index contributed by atoms with van der Waals surface area (Å²) in [4.78, 5) is 4.60. The molecular formula is C17H19BrClN3OS. The van der Waals surface area contributed by atoms with E-state index in [1.54, 1.807) is 6.26 Å². The Labute approximate surface area is 160 Å². The molecule has 1 aromatic heterocycles. The van der Waals surface area contributed by atoms with Crippen LogP contribution in [-0.2, 0) is 6.54 Å². The Balaban J connectivity index is 1.56. The molecule has 1 saturated heterocycles. The van der Waals surface area contributed by atoms with E-state index >= 15 is 0 Å². The smallest absolute Gasteiger partial charge is 0.173 e. The lowest BCUT2D eigenvalue weighted by atomic mass is 10.3. The summed E-state index contributed by atoms with van der Waals surface area (Å²) in [6.45, 7) is 4.67. The Morgan fingerprint density at radius 1 is 1.25 bits per heavy atom. The minimum absolute atomic E-state index is 0.654. The van der Waals surface area contributed by atoms with Crippen LogP contribution in [0.4, 0.5) is 5.69 Å². The fourth-order valence-corrected chi connectivity index (χ4v) is 3.75. The number of furan rings is 1. The van der Waals surface area contributed by atoms with Crippen molar-refractivity contribution < 1.29 is 4.42 Å². The van der Waals surface area contributed by atoms with Gasteiger partial charge in [-0.25, -0.2) is 0 Å². The SMILES string of the molecule is S=C(Nc1ccc(Br)cc1Cl)N1CCCN(Cc2ccco2)CC1. The molecule has 0 aliphatic carbocycles. The number of rotatable bonds is 3. The third kappa shape index (κ3) is 4.72. The van der Waals surface area contributed by atoms with E-state index in [9.17, 15) is 0 Å². The van der Waals surface area contributed by atoms with Crippen LogP contribution in [0, 0.1) is 0 Å². The van der Waals surface area contributed by atoms with Gasteiger partial charge in [0.05, 0.1) is 23.5 Å². The molecule has 1 N–H and O–H groups in total. The molecule has 1 fully saturated rings. The minimum Gasteiger partial charge on any atom is -0.468 e. The summed E-state index contributed by atoms with van der Waals surface area (Å²) in [5.41, 5.74) is 0.835. The van der Waals surface area contributed by atoms with Crippen molar-refractivity contribution in [1.82, 2.24) is 9.80 Å². The molecule has 0 unspecified atom stereocenters. The summed E-state index contributed by atoms with van der Waals surface area (Å²) in [6.07, 6.45) is 2.79. The van der Waals surface area contributed by atoms with E-state index in [0.717, 1.165) is 60.2 Å². The molecule has 1 aromatic carbocycles. The Morgan fingerprint density at radius 2 is 2.12 bits per heavy atom. The highest BCUT2D eigenvalue weighted by molar-refractivity contribution is 9.10. The maximum absolute atomic E-state index is 6.26. The van der Waals surface area contributed by atoms with Gasteiger partial charge in [-0.3, -0.25) is 4.90 Å². The highest BCUT2D eigenvalue weighted by Gasteiger charge is 2.18. The van der Waals surface area contributed by atoms with E-state index < -0.39 is 0 Å².